The van der Waals surface area contributed by atoms with Crippen LogP contribution in [-0.2, 0) is 4.79 Å². The number of amides is 1. The number of nitriles is 1. The van der Waals surface area contributed by atoms with Crippen molar-refractivity contribution in [2.24, 2.45) is 0 Å². The van der Waals surface area contributed by atoms with Crippen LogP contribution in [0.4, 0.5) is 5.69 Å². The Bertz CT molecular complexity index is 919. The fourth-order valence-corrected chi connectivity index (χ4v) is 2.96. The summed E-state index contributed by atoms with van der Waals surface area (Å²) in [5.74, 6) is 0.717. The van der Waals surface area contributed by atoms with E-state index in [1.54, 1.807) is 42.5 Å². The standard InChI is InChI=1S/C24H27ClN2O3/c1-3-5-6-9-14-30-22-13-12-18(16-23(22)29-4-2)15-19(17-26)24(28)27-21-11-8-7-10-20(21)25/h7-8,10-13,15-16H,3-6,9,14H2,1-2H3,(H,27,28). The number of rotatable bonds is 11. The van der Waals surface area contributed by atoms with Crippen LogP contribution >= 0.6 is 11.6 Å². The van der Waals surface area contributed by atoms with E-state index in [-0.39, 0.29) is 5.57 Å². The molecule has 0 radical (unpaired) electrons. The predicted molar refractivity (Wildman–Crippen MR) is 121 cm³/mol. The van der Waals surface area contributed by atoms with Gasteiger partial charge in [-0.15, -0.1) is 0 Å². The number of ether oxygens (including phenoxy) is 2. The highest BCUT2D eigenvalue weighted by Crippen LogP contribution is 2.30. The third-order valence-corrected chi connectivity index (χ3v) is 4.65. The molecule has 30 heavy (non-hydrogen) atoms. The minimum absolute atomic E-state index is 0.0365. The molecule has 2 rings (SSSR count). The van der Waals surface area contributed by atoms with Crippen molar-refractivity contribution in [2.75, 3.05) is 18.5 Å². The molecule has 1 amide bonds. The summed E-state index contributed by atoms with van der Waals surface area (Å²) in [4.78, 5) is 12.5. The Balaban J connectivity index is 2.14. The zero-order valence-corrected chi connectivity index (χ0v) is 18.2. The molecule has 2 aromatic carbocycles. The van der Waals surface area contributed by atoms with Crippen LogP contribution < -0.4 is 14.8 Å². The maximum atomic E-state index is 12.5. The third-order valence-electron chi connectivity index (χ3n) is 4.32. The summed E-state index contributed by atoms with van der Waals surface area (Å²) in [5.41, 5.74) is 1.08. The van der Waals surface area contributed by atoms with E-state index in [0.717, 1.165) is 12.8 Å². The molecule has 0 heterocycles. The number of benzene rings is 2. The van der Waals surface area contributed by atoms with Gasteiger partial charge in [-0.1, -0.05) is 56.0 Å². The molecule has 0 saturated heterocycles. The Hall–Kier alpha value is -2.97. The van der Waals surface area contributed by atoms with Crippen molar-refractivity contribution in [1.82, 2.24) is 0 Å². The molecule has 0 saturated carbocycles. The number of nitrogens with zero attached hydrogens (tertiary/aromatic N) is 1. The molecule has 0 bridgehead atoms. The molecule has 0 spiro atoms. The Kier molecular flexibility index (Phi) is 9.76. The Morgan fingerprint density at radius 2 is 1.90 bits per heavy atom. The second-order valence-corrected chi connectivity index (χ2v) is 7.06. The fraction of sp³-hybridized carbons (Fsp3) is 0.333. The van der Waals surface area contributed by atoms with E-state index in [9.17, 15) is 10.1 Å². The first-order valence-electron chi connectivity index (χ1n) is 10.2. The van der Waals surface area contributed by atoms with Gasteiger partial charge in [0.1, 0.15) is 11.6 Å². The minimum Gasteiger partial charge on any atom is -0.490 e. The van der Waals surface area contributed by atoms with Gasteiger partial charge in [-0.3, -0.25) is 4.79 Å². The lowest BCUT2D eigenvalue weighted by atomic mass is 10.1. The fourth-order valence-electron chi connectivity index (χ4n) is 2.78. The van der Waals surface area contributed by atoms with E-state index < -0.39 is 5.91 Å². The van der Waals surface area contributed by atoms with E-state index in [4.69, 9.17) is 21.1 Å². The molecule has 0 aliphatic rings. The van der Waals surface area contributed by atoms with Crippen molar-refractivity contribution in [1.29, 1.82) is 5.26 Å². The summed E-state index contributed by atoms with van der Waals surface area (Å²) in [6, 6.07) is 14.2. The number of carbonyl (C=O) groups excluding carboxylic acids is 1. The molecular formula is C24H27ClN2O3. The summed E-state index contributed by atoms with van der Waals surface area (Å²) in [5, 5.41) is 12.5. The SMILES string of the molecule is CCCCCCOc1ccc(C=C(C#N)C(=O)Nc2ccccc2Cl)cc1OCC. The van der Waals surface area contributed by atoms with E-state index in [0.29, 0.717) is 41.0 Å². The number of nitrogens with one attached hydrogen (secondary N) is 1. The average molecular weight is 427 g/mol. The smallest absolute Gasteiger partial charge is 0.266 e. The number of anilines is 1. The zero-order valence-electron chi connectivity index (χ0n) is 17.4. The molecule has 158 valence electrons. The topological polar surface area (TPSA) is 71.3 Å². The molecular weight excluding hydrogens is 400 g/mol. The van der Waals surface area contributed by atoms with Gasteiger partial charge < -0.3 is 14.8 Å². The quantitative estimate of drug-likeness (QED) is 0.262. The van der Waals surface area contributed by atoms with Gasteiger partial charge >= 0.3 is 0 Å². The van der Waals surface area contributed by atoms with E-state index in [1.165, 1.54) is 18.9 Å². The summed E-state index contributed by atoms with van der Waals surface area (Å²) >= 11 is 6.07. The van der Waals surface area contributed by atoms with Crippen LogP contribution in [0.1, 0.15) is 45.1 Å². The highest BCUT2D eigenvalue weighted by atomic mass is 35.5. The second-order valence-electron chi connectivity index (χ2n) is 6.65. The molecule has 0 aliphatic heterocycles. The molecule has 0 atom stereocenters. The number of unbranched alkanes of at least 4 members (excludes halogenated alkanes) is 3. The van der Waals surface area contributed by atoms with Crippen molar-refractivity contribution in [2.45, 2.75) is 39.5 Å². The Morgan fingerprint density at radius 3 is 2.60 bits per heavy atom. The largest absolute Gasteiger partial charge is 0.490 e. The summed E-state index contributed by atoms with van der Waals surface area (Å²) in [7, 11) is 0. The number of hydrogen-bond donors (Lipinski definition) is 1. The van der Waals surface area contributed by atoms with Gasteiger partial charge in [0.25, 0.3) is 5.91 Å². The molecule has 0 fully saturated rings. The maximum absolute atomic E-state index is 12.5. The monoisotopic (exact) mass is 426 g/mol. The van der Waals surface area contributed by atoms with Crippen molar-refractivity contribution in [3.63, 3.8) is 0 Å². The number of halogens is 1. The van der Waals surface area contributed by atoms with Crippen LogP contribution in [0.2, 0.25) is 5.02 Å². The first-order valence-corrected chi connectivity index (χ1v) is 10.5. The first kappa shape index (κ1) is 23.3. The summed E-state index contributed by atoms with van der Waals surface area (Å²) in [6.07, 6.45) is 6.00. The van der Waals surface area contributed by atoms with E-state index >= 15 is 0 Å². The molecule has 0 aromatic heterocycles. The molecule has 5 nitrogen and oxygen atoms in total. The van der Waals surface area contributed by atoms with Gasteiger partial charge in [0.2, 0.25) is 0 Å². The van der Waals surface area contributed by atoms with Gasteiger partial charge in [0, 0.05) is 0 Å². The lowest BCUT2D eigenvalue weighted by Crippen LogP contribution is -2.13. The number of para-hydroxylation sites is 1. The zero-order chi connectivity index (χ0) is 21.8. The molecule has 0 aliphatic carbocycles. The lowest BCUT2D eigenvalue weighted by Gasteiger charge is -2.13. The number of hydrogen-bond acceptors (Lipinski definition) is 4. The Labute approximate surface area is 183 Å². The average Bonchev–Trinajstić information content (AvgIpc) is 2.75. The molecule has 1 N–H and O–H groups in total. The third kappa shape index (κ3) is 7.13. The molecule has 0 unspecified atom stereocenters. The second kappa shape index (κ2) is 12.6. The maximum Gasteiger partial charge on any atom is 0.266 e. The van der Waals surface area contributed by atoms with Crippen LogP contribution in [0, 0.1) is 11.3 Å². The normalized spacial score (nSPS) is 10.9. The highest BCUT2D eigenvalue weighted by Gasteiger charge is 2.12. The summed E-state index contributed by atoms with van der Waals surface area (Å²) in [6.45, 7) is 5.17. The predicted octanol–water partition coefficient (Wildman–Crippen LogP) is 6.24. The van der Waals surface area contributed by atoms with Crippen molar-refractivity contribution in [3.8, 4) is 17.6 Å². The van der Waals surface area contributed by atoms with Crippen LogP contribution in [-0.4, -0.2) is 19.1 Å². The van der Waals surface area contributed by atoms with Crippen molar-refractivity contribution < 1.29 is 14.3 Å². The first-order chi connectivity index (χ1) is 14.6. The lowest BCUT2D eigenvalue weighted by molar-refractivity contribution is -0.112. The van der Waals surface area contributed by atoms with Gasteiger partial charge in [0.15, 0.2) is 11.5 Å². The van der Waals surface area contributed by atoms with E-state index in [1.807, 2.05) is 13.0 Å². The van der Waals surface area contributed by atoms with Crippen LogP contribution in [0.25, 0.3) is 6.08 Å². The molecule has 6 heteroatoms. The minimum atomic E-state index is -0.528. The van der Waals surface area contributed by atoms with Crippen LogP contribution in [0.15, 0.2) is 48.0 Å². The summed E-state index contributed by atoms with van der Waals surface area (Å²) < 4.78 is 11.5. The van der Waals surface area contributed by atoms with Gasteiger partial charge in [-0.05, 0) is 49.2 Å². The van der Waals surface area contributed by atoms with Gasteiger partial charge in [0.05, 0.1) is 23.9 Å². The number of carbonyl (C=O) groups is 1. The van der Waals surface area contributed by atoms with Gasteiger partial charge in [-0.25, -0.2) is 0 Å². The van der Waals surface area contributed by atoms with Crippen molar-refractivity contribution >= 4 is 29.3 Å². The van der Waals surface area contributed by atoms with Crippen molar-refractivity contribution in [3.05, 3.63) is 58.6 Å². The Morgan fingerprint density at radius 1 is 1.10 bits per heavy atom. The van der Waals surface area contributed by atoms with Crippen LogP contribution in [0.5, 0.6) is 11.5 Å². The van der Waals surface area contributed by atoms with E-state index in [2.05, 4.69) is 12.2 Å². The van der Waals surface area contributed by atoms with Gasteiger partial charge in [-0.2, -0.15) is 5.26 Å². The van der Waals surface area contributed by atoms with Crippen LogP contribution in [0.3, 0.4) is 0 Å². The molecule has 2 aromatic rings. The highest BCUT2D eigenvalue weighted by molar-refractivity contribution is 6.34.